The molecule has 0 aliphatic heterocycles. The molecule has 1 rings (SSSR count). The molecule has 0 radical (unpaired) electrons. The molecule has 0 saturated carbocycles. The summed E-state index contributed by atoms with van der Waals surface area (Å²) in [6.07, 6.45) is 0. The molecule has 0 heterocycles. The third kappa shape index (κ3) is 1.86. The second-order valence-electron chi connectivity index (χ2n) is 2.98. The molecule has 1 aromatic rings. The van der Waals surface area contributed by atoms with E-state index in [2.05, 4.69) is 4.74 Å². The minimum atomic E-state index is -0.610. The van der Waals surface area contributed by atoms with Gasteiger partial charge in [0, 0.05) is 5.56 Å². The van der Waals surface area contributed by atoms with Crippen LogP contribution in [0.3, 0.4) is 0 Å². The number of carbonyl (C=O) groups is 1. The number of methoxy groups -OCH3 is 2. The molecular weight excluding hydrogens is 201 g/mol. The van der Waals surface area contributed by atoms with Gasteiger partial charge >= 0.3 is 5.97 Å². The molecular formula is C10H12FNO3. The summed E-state index contributed by atoms with van der Waals surface area (Å²) < 4.78 is 22.8. The number of rotatable bonds is 2. The Morgan fingerprint density at radius 1 is 1.47 bits per heavy atom. The van der Waals surface area contributed by atoms with Crippen LogP contribution < -0.4 is 10.5 Å². The fourth-order valence-corrected chi connectivity index (χ4v) is 1.33. The van der Waals surface area contributed by atoms with Gasteiger partial charge in [-0.2, -0.15) is 0 Å². The number of halogens is 1. The Labute approximate surface area is 86.8 Å². The Bertz CT molecular complexity index is 404. The van der Waals surface area contributed by atoms with Crippen LogP contribution in [0.2, 0.25) is 0 Å². The molecule has 0 aromatic heterocycles. The van der Waals surface area contributed by atoms with Crippen LogP contribution in [-0.4, -0.2) is 20.2 Å². The van der Waals surface area contributed by atoms with Crippen molar-refractivity contribution >= 4 is 11.7 Å². The van der Waals surface area contributed by atoms with Crippen LogP contribution in [-0.2, 0) is 4.74 Å². The largest absolute Gasteiger partial charge is 0.495 e. The molecule has 0 saturated heterocycles. The van der Waals surface area contributed by atoms with Crippen LogP contribution in [0.5, 0.6) is 5.75 Å². The van der Waals surface area contributed by atoms with E-state index in [1.165, 1.54) is 27.2 Å². The highest BCUT2D eigenvalue weighted by molar-refractivity contribution is 5.94. The van der Waals surface area contributed by atoms with Gasteiger partial charge in [-0.05, 0) is 13.0 Å². The van der Waals surface area contributed by atoms with E-state index in [0.29, 0.717) is 0 Å². The van der Waals surface area contributed by atoms with Crippen LogP contribution in [0.15, 0.2) is 6.07 Å². The summed E-state index contributed by atoms with van der Waals surface area (Å²) in [7, 11) is 2.58. The Kier molecular flexibility index (Phi) is 3.14. The maximum absolute atomic E-state index is 13.4. The summed E-state index contributed by atoms with van der Waals surface area (Å²) in [5, 5.41) is 0. The zero-order valence-electron chi connectivity index (χ0n) is 8.76. The molecule has 0 bridgehead atoms. The van der Waals surface area contributed by atoms with E-state index in [1.54, 1.807) is 0 Å². The molecule has 0 unspecified atom stereocenters. The summed E-state index contributed by atoms with van der Waals surface area (Å²) >= 11 is 0. The smallest absolute Gasteiger partial charge is 0.341 e. The maximum Gasteiger partial charge on any atom is 0.341 e. The minimum Gasteiger partial charge on any atom is -0.495 e. The standard InChI is InChI=1S/C10H12FNO3/c1-5-8(11)7(12)4-6(9(5)14-2)10(13)15-3/h4H,12H2,1-3H3. The van der Waals surface area contributed by atoms with Gasteiger partial charge in [0.05, 0.1) is 19.9 Å². The van der Waals surface area contributed by atoms with Gasteiger partial charge in [0.25, 0.3) is 0 Å². The zero-order chi connectivity index (χ0) is 11.6. The number of hydrogen-bond acceptors (Lipinski definition) is 4. The number of carbonyl (C=O) groups excluding carboxylic acids is 1. The van der Waals surface area contributed by atoms with Crippen molar-refractivity contribution in [3.63, 3.8) is 0 Å². The van der Waals surface area contributed by atoms with Gasteiger partial charge in [0.1, 0.15) is 11.3 Å². The Morgan fingerprint density at radius 2 is 2.07 bits per heavy atom. The summed E-state index contributed by atoms with van der Waals surface area (Å²) in [5.41, 5.74) is 5.61. The molecule has 0 atom stereocenters. The van der Waals surface area contributed by atoms with Gasteiger partial charge in [-0.3, -0.25) is 0 Å². The minimum absolute atomic E-state index is 0.103. The predicted molar refractivity (Wildman–Crippen MR) is 53.4 cm³/mol. The van der Waals surface area contributed by atoms with Gasteiger partial charge in [-0.1, -0.05) is 0 Å². The number of hydrogen-bond donors (Lipinski definition) is 1. The molecule has 5 heteroatoms. The lowest BCUT2D eigenvalue weighted by molar-refractivity contribution is 0.0597. The highest BCUT2D eigenvalue weighted by atomic mass is 19.1. The summed E-state index contributed by atoms with van der Waals surface area (Å²) in [5.74, 6) is -1.05. The van der Waals surface area contributed by atoms with Crippen molar-refractivity contribution in [2.75, 3.05) is 20.0 Å². The number of benzene rings is 1. The lowest BCUT2D eigenvalue weighted by Crippen LogP contribution is -2.08. The van der Waals surface area contributed by atoms with Gasteiger partial charge in [-0.25, -0.2) is 9.18 Å². The fourth-order valence-electron chi connectivity index (χ4n) is 1.33. The van der Waals surface area contributed by atoms with E-state index < -0.39 is 11.8 Å². The van der Waals surface area contributed by atoms with Crippen LogP contribution in [0.1, 0.15) is 15.9 Å². The summed E-state index contributed by atoms with van der Waals surface area (Å²) in [6, 6.07) is 1.20. The monoisotopic (exact) mass is 213 g/mol. The molecule has 0 amide bonds. The van der Waals surface area contributed by atoms with Crippen molar-refractivity contribution in [3.05, 3.63) is 23.0 Å². The summed E-state index contributed by atoms with van der Waals surface area (Å²) in [4.78, 5) is 11.3. The lowest BCUT2D eigenvalue weighted by atomic mass is 10.1. The third-order valence-electron chi connectivity index (χ3n) is 2.08. The number of nitrogens with two attached hydrogens (primary N) is 1. The highest BCUT2D eigenvalue weighted by Crippen LogP contribution is 2.30. The molecule has 0 aliphatic carbocycles. The molecule has 0 spiro atoms. The van der Waals surface area contributed by atoms with Crippen LogP contribution >= 0.6 is 0 Å². The lowest BCUT2D eigenvalue weighted by Gasteiger charge is -2.12. The van der Waals surface area contributed by atoms with E-state index in [-0.39, 0.29) is 22.6 Å². The van der Waals surface area contributed by atoms with Crippen LogP contribution in [0.4, 0.5) is 10.1 Å². The second-order valence-corrected chi connectivity index (χ2v) is 2.98. The first-order valence-corrected chi connectivity index (χ1v) is 4.23. The molecule has 82 valence electrons. The van der Waals surface area contributed by atoms with Crippen molar-refractivity contribution in [3.8, 4) is 5.75 Å². The van der Waals surface area contributed by atoms with Crippen molar-refractivity contribution in [1.29, 1.82) is 0 Å². The second kappa shape index (κ2) is 4.16. The highest BCUT2D eigenvalue weighted by Gasteiger charge is 2.19. The first-order chi connectivity index (χ1) is 7.02. The maximum atomic E-state index is 13.4. The van der Waals surface area contributed by atoms with E-state index in [4.69, 9.17) is 10.5 Å². The molecule has 0 aliphatic rings. The van der Waals surface area contributed by atoms with Gasteiger partial charge in [0.2, 0.25) is 0 Å². The van der Waals surface area contributed by atoms with Crippen molar-refractivity contribution < 1.29 is 18.7 Å². The molecule has 4 nitrogen and oxygen atoms in total. The van der Waals surface area contributed by atoms with Gasteiger partial charge in [0.15, 0.2) is 5.82 Å². The normalized spacial score (nSPS) is 9.87. The van der Waals surface area contributed by atoms with Crippen LogP contribution in [0.25, 0.3) is 0 Å². The number of nitrogen functional groups attached to an aromatic ring is 1. The average Bonchev–Trinajstić information content (AvgIpc) is 2.24. The van der Waals surface area contributed by atoms with Crippen molar-refractivity contribution in [2.24, 2.45) is 0 Å². The van der Waals surface area contributed by atoms with Crippen LogP contribution in [0, 0.1) is 12.7 Å². The first-order valence-electron chi connectivity index (χ1n) is 4.23. The third-order valence-corrected chi connectivity index (χ3v) is 2.08. The van der Waals surface area contributed by atoms with E-state index in [1.807, 2.05) is 0 Å². The first kappa shape index (κ1) is 11.3. The molecule has 1 aromatic carbocycles. The zero-order valence-corrected chi connectivity index (χ0v) is 8.76. The number of esters is 1. The number of anilines is 1. The molecule has 15 heavy (non-hydrogen) atoms. The van der Waals surface area contributed by atoms with E-state index in [9.17, 15) is 9.18 Å². The fraction of sp³-hybridized carbons (Fsp3) is 0.300. The van der Waals surface area contributed by atoms with Gasteiger partial charge in [-0.15, -0.1) is 0 Å². The molecule has 0 fully saturated rings. The summed E-state index contributed by atoms with van der Waals surface area (Å²) in [6.45, 7) is 1.48. The van der Waals surface area contributed by atoms with Gasteiger partial charge < -0.3 is 15.2 Å². The molecule has 2 N–H and O–H groups in total. The Hall–Kier alpha value is -1.78. The van der Waals surface area contributed by atoms with Crippen molar-refractivity contribution in [1.82, 2.24) is 0 Å². The van der Waals surface area contributed by atoms with Crippen molar-refractivity contribution in [2.45, 2.75) is 6.92 Å². The predicted octanol–water partition coefficient (Wildman–Crippen LogP) is 1.51. The quantitative estimate of drug-likeness (QED) is 0.597. The average molecular weight is 213 g/mol. The van der Waals surface area contributed by atoms with E-state index >= 15 is 0 Å². The number of ether oxygens (including phenoxy) is 2. The topological polar surface area (TPSA) is 61.5 Å². The Morgan fingerprint density at radius 3 is 2.53 bits per heavy atom. The SMILES string of the molecule is COC(=O)c1cc(N)c(F)c(C)c1OC. The Balaban J connectivity index is 3.45. The van der Waals surface area contributed by atoms with E-state index in [0.717, 1.165) is 0 Å².